The summed E-state index contributed by atoms with van der Waals surface area (Å²) in [6.45, 7) is 6.65. The van der Waals surface area contributed by atoms with Gasteiger partial charge in [-0.1, -0.05) is 0 Å². The molecule has 2 atom stereocenters. The van der Waals surface area contributed by atoms with Gasteiger partial charge in [0.2, 0.25) is 0 Å². The highest BCUT2D eigenvalue weighted by Gasteiger charge is 2.47. The van der Waals surface area contributed by atoms with Crippen molar-refractivity contribution in [2.45, 2.75) is 51.7 Å². The first-order chi connectivity index (χ1) is 7.31. The zero-order valence-corrected chi connectivity index (χ0v) is 10.7. The van der Waals surface area contributed by atoms with E-state index in [-0.39, 0.29) is 17.5 Å². The van der Waals surface area contributed by atoms with E-state index >= 15 is 0 Å². The second-order valence-electron chi connectivity index (χ2n) is 5.39. The molecule has 0 aromatic carbocycles. The number of carbonyl (C=O) groups excluding carboxylic acids is 1. The van der Waals surface area contributed by atoms with Crippen LogP contribution < -0.4 is 5.73 Å². The summed E-state index contributed by atoms with van der Waals surface area (Å²) < 4.78 is 10.3. The molecule has 2 unspecified atom stereocenters. The van der Waals surface area contributed by atoms with Gasteiger partial charge in [-0.15, -0.1) is 0 Å². The molecule has 1 heterocycles. The van der Waals surface area contributed by atoms with E-state index in [1.807, 2.05) is 20.8 Å². The van der Waals surface area contributed by atoms with Crippen LogP contribution in [0.4, 0.5) is 0 Å². The number of ether oxygens (including phenoxy) is 2. The predicted molar refractivity (Wildman–Crippen MR) is 62.0 cm³/mol. The van der Waals surface area contributed by atoms with Crippen molar-refractivity contribution in [3.63, 3.8) is 0 Å². The van der Waals surface area contributed by atoms with Crippen molar-refractivity contribution in [3.05, 3.63) is 0 Å². The van der Waals surface area contributed by atoms with Gasteiger partial charge in [0.15, 0.2) is 0 Å². The van der Waals surface area contributed by atoms with Gasteiger partial charge in [0.1, 0.15) is 0 Å². The molecule has 16 heavy (non-hydrogen) atoms. The van der Waals surface area contributed by atoms with Gasteiger partial charge in [-0.05, 0) is 33.6 Å². The molecule has 4 heteroatoms. The zero-order valence-electron chi connectivity index (χ0n) is 10.7. The van der Waals surface area contributed by atoms with Crippen LogP contribution in [0.5, 0.6) is 0 Å². The van der Waals surface area contributed by atoms with Crippen LogP contribution in [0.2, 0.25) is 0 Å². The first kappa shape index (κ1) is 13.5. The minimum atomic E-state index is -0.404. The second-order valence-corrected chi connectivity index (χ2v) is 5.39. The van der Waals surface area contributed by atoms with Gasteiger partial charge in [0.05, 0.1) is 19.6 Å². The molecule has 0 aromatic rings. The third-order valence-corrected chi connectivity index (χ3v) is 3.74. The van der Waals surface area contributed by atoms with Crippen molar-refractivity contribution < 1.29 is 14.3 Å². The average molecular weight is 229 g/mol. The van der Waals surface area contributed by atoms with E-state index in [0.29, 0.717) is 13.0 Å². The minimum Gasteiger partial charge on any atom is -0.469 e. The van der Waals surface area contributed by atoms with Crippen molar-refractivity contribution in [3.8, 4) is 0 Å². The Kier molecular flexibility index (Phi) is 3.97. The van der Waals surface area contributed by atoms with Gasteiger partial charge >= 0.3 is 5.97 Å². The molecule has 0 spiro atoms. The van der Waals surface area contributed by atoms with E-state index in [4.69, 9.17) is 15.2 Å². The molecule has 1 aliphatic heterocycles. The fourth-order valence-corrected chi connectivity index (χ4v) is 2.49. The summed E-state index contributed by atoms with van der Waals surface area (Å²) in [6.07, 6.45) is 2.16. The van der Waals surface area contributed by atoms with Crippen LogP contribution >= 0.6 is 0 Å². The van der Waals surface area contributed by atoms with Crippen LogP contribution in [0.3, 0.4) is 0 Å². The maximum Gasteiger partial charge on any atom is 0.306 e. The van der Waals surface area contributed by atoms with E-state index in [9.17, 15) is 4.79 Å². The lowest BCUT2D eigenvalue weighted by atomic mass is 9.63. The lowest BCUT2D eigenvalue weighted by Gasteiger charge is -2.48. The van der Waals surface area contributed by atoms with E-state index in [1.54, 1.807) is 0 Å². The number of hydrogen-bond donors (Lipinski definition) is 1. The van der Waals surface area contributed by atoms with Crippen molar-refractivity contribution >= 4 is 5.97 Å². The predicted octanol–water partition coefficient (Wildman–Crippen LogP) is 1.47. The largest absolute Gasteiger partial charge is 0.469 e. The third-order valence-electron chi connectivity index (χ3n) is 3.74. The fraction of sp³-hybridized carbons (Fsp3) is 0.917. The SMILES string of the molecule is COC(=O)CC1(C(C)(C)N)CCOC(C)C1. The molecular weight excluding hydrogens is 206 g/mol. The van der Waals surface area contributed by atoms with Crippen LogP contribution in [0.25, 0.3) is 0 Å². The molecule has 0 amide bonds. The van der Waals surface area contributed by atoms with Crippen molar-refractivity contribution in [1.82, 2.24) is 0 Å². The Hall–Kier alpha value is -0.610. The molecule has 94 valence electrons. The molecule has 0 radical (unpaired) electrons. The summed E-state index contributed by atoms with van der Waals surface area (Å²) in [4.78, 5) is 11.5. The summed E-state index contributed by atoms with van der Waals surface area (Å²) in [5, 5.41) is 0. The quantitative estimate of drug-likeness (QED) is 0.744. The molecule has 1 aliphatic rings. The lowest BCUT2D eigenvalue weighted by molar-refractivity contribution is -0.149. The molecule has 4 nitrogen and oxygen atoms in total. The van der Waals surface area contributed by atoms with Crippen LogP contribution in [0, 0.1) is 5.41 Å². The van der Waals surface area contributed by atoms with Crippen LogP contribution in [-0.2, 0) is 14.3 Å². The summed E-state index contributed by atoms with van der Waals surface area (Å²) in [6, 6.07) is 0. The van der Waals surface area contributed by atoms with E-state index in [0.717, 1.165) is 12.8 Å². The number of methoxy groups -OCH3 is 1. The normalized spacial score (nSPS) is 31.2. The summed E-state index contributed by atoms with van der Waals surface area (Å²) in [5.74, 6) is -0.187. The van der Waals surface area contributed by atoms with Crippen LogP contribution in [0.1, 0.15) is 40.0 Å². The van der Waals surface area contributed by atoms with E-state index < -0.39 is 5.54 Å². The van der Waals surface area contributed by atoms with Crippen LogP contribution in [0.15, 0.2) is 0 Å². The third kappa shape index (κ3) is 2.74. The number of esters is 1. The number of nitrogens with two attached hydrogens (primary N) is 1. The number of carbonyl (C=O) groups is 1. The first-order valence-corrected chi connectivity index (χ1v) is 5.78. The van der Waals surface area contributed by atoms with Crippen molar-refractivity contribution in [2.24, 2.45) is 11.1 Å². The Morgan fingerprint density at radius 2 is 2.25 bits per heavy atom. The molecule has 1 fully saturated rings. The van der Waals surface area contributed by atoms with Crippen molar-refractivity contribution in [2.75, 3.05) is 13.7 Å². The van der Waals surface area contributed by atoms with Gasteiger partial charge in [0, 0.05) is 17.6 Å². The van der Waals surface area contributed by atoms with Gasteiger partial charge in [-0.3, -0.25) is 4.79 Å². The maximum atomic E-state index is 11.5. The highest BCUT2D eigenvalue weighted by Crippen LogP contribution is 2.44. The smallest absolute Gasteiger partial charge is 0.306 e. The molecule has 0 aliphatic carbocycles. The molecule has 2 N–H and O–H groups in total. The van der Waals surface area contributed by atoms with Crippen molar-refractivity contribution in [1.29, 1.82) is 0 Å². The average Bonchev–Trinajstić information content (AvgIpc) is 2.15. The fourth-order valence-electron chi connectivity index (χ4n) is 2.49. The molecule has 0 aromatic heterocycles. The summed E-state index contributed by atoms with van der Waals surface area (Å²) in [7, 11) is 1.42. The Balaban J connectivity index is 2.88. The number of rotatable bonds is 3. The summed E-state index contributed by atoms with van der Waals surface area (Å²) in [5.41, 5.74) is 5.63. The Morgan fingerprint density at radius 3 is 2.69 bits per heavy atom. The zero-order chi connectivity index (χ0) is 12.4. The Labute approximate surface area is 97.5 Å². The topological polar surface area (TPSA) is 61.5 Å². The van der Waals surface area contributed by atoms with E-state index in [1.165, 1.54) is 7.11 Å². The standard InChI is InChI=1S/C12H23NO3/c1-9-7-12(5-6-16-9,11(2,3)13)8-10(14)15-4/h9H,5-8,13H2,1-4H3. The highest BCUT2D eigenvalue weighted by atomic mass is 16.5. The van der Waals surface area contributed by atoms with Gasteiger partial charge < -0.3 is 15.2 Å². The molecule has 0 saturated carbocycles. The van der Waals surface area contributed by atoms with Gasteiger partial charge in [0.25, 0.3) is 0 Å². The monoisotopic (exact) mass is 229 g/mol. The number of hydrogen-bond acceptors (Lipinski definition) is 4. The molecule has 1 saturated heterocycles. The Bertz CT molecular complexity index is 259. The lowest BCUT2D eigenvalue weighted by Crippen LogP contribution is -2.55. The first-order valence-electron chi connectivity index (χ1n) is 5.78. The molecule has 1 rings (SSSR count). The highest BCUT2D eigenvalue weighted by molar-refractivity contribution is 5.70. The molecular formula is C12H23NO3. The second kappa shape index (κ2) is 4.72. The van der Waals surface area contributed by atoms with Crippen LogP contribution in [-0.4, -0.2) is 31.3 Å². The van der Waals surface area contributed by atoms with E-state index in [2.05, 4.69) is 0 Å². The molecule has 0 bridgehead atoms. The van der Waals surface area contributed by atoms with Gasteiger partial charge in [-0.25, -0.2) is 0 Å². The summed E-state index contributed by atoms with van der Waals surface area (Å²) >= 11 is 0. The Morgan fingerprint density at radius 1 is 1.62 bits per heavy atom. The maximum absolute atomic E-state index is 11.5. The van der Waals surface area contributed by atoms with Gasteiger partial charge in [-0.2, -0.15) is 0 Å². The minimum absolute atomic E-state index is 0.154.